The van der Waals surface area contributed by atoms with E-state index in [1.165, 1.54) is 6.07 Å². The number of hydrazine groups is 1. The van der Waals surface area contributed by atoms with E-state index in [4.69, 9.17) is 17.4 Å². The fraction of sp³-hybridized carbons (Fsp3) is 0.267. The Balaban J connectivity index is 2.26. The van der Waals surface area contributed by atoms with Crippen LogP contribution in [0.15, 0.2) is 30.3 Å². The molecule has 0 radical (unpaired) electrons. The van der Waals surface area contributed by atoms with Gasteiger partial charge in [-0.15, -0.1) is 0 Å². The van der Waals surface area contributed by atoms with Crippen molar-refractivity contribution in [3.05, 3.63) is 63.7 Å². The van der Waals surface area contributed by atoms with Gasteiger partial charge in [0.15, 0.2) is 0 Å². The molecule has 0 fully saturated rings. The molecule has 0 amide bonds. The Hall–Kier alpha value is -1.49. The molecule has 3 nitrogen and oxygen atoms in total. The molecule has 1 unspecified atom stereocenters. The Morgan fingerprint density at radius 3 is 2.65 bits per heavy atom. The van der Waals surface area contributed by atoms with Crippen LogP contribution in [0.25, 0.3) is 0 Å². The number of benzene rings is 1. The zero-order chi connectivity index (χ0) is 14.7. The topological polar surface area (TPSA) is 50.9 Å². The summed E-state index contributed by atoms with van der Waals surface area (Å²) in [5.74, 6) is 5.21. The van der Waals surface area contributed by atoms with E-state index in [0.717, 1.165) is 22.5 Å². The third-order valence-electron chi connectivity index (χ3n) is 3.27. The van der Waals surface area contributed by atoms with Crippen LogP contribution in [0.3, 0.4) is 0 Å². The van der Waals surface area contributed by atoms with Gasteiger partial charge in [-0.05, 0) is 49.6 Å². The van der Waals surface area contributed by atoms with Crippen LogP contribution < -0.4 is 11.3 Å². The number of nitrogens with zero attached hydrogens (tertiary/aromatic N) is 1. The highest BCUT2D eigenvalue weighted by Gasteiger charge is 2.14. The zero-order valence-electron chi connectivity index (χ0n) is 11.5. The average Bonchev–Trinajstić information content (AvgIpc) is 2.41. The SMILES string of the molecule is Cc1ccc(C(Cc2ccc(Cl)c(F)c2)NN)c(C)n1. The number of halogens is 2. The monoisotopic (exact) mass is 293 g/mol. The fourth-order valence-corrected chi connectivity index (χ4v) is 2.34. The Labute approximate surface area is 122 Å². The summed E-state index contributed by atoms with van der Waals surface area (Å²) in [7, 11) is 0. The second kappa shape index (κ2) is 6.31. The lowest BCUT2D eigenvalue weighted by Crippen LogP contribution is -2.30. The molecule has 20 heavy (non-hydrogen) atoms. The van der Waals surface area contributed by atoms with Crippen LogP contribution in [0.2, 0.25) is 5.02 Å². The highest BCUT2D eigenvalue weighted by molar-refractivity contribution is 6.30. The summed E-state index contributed by atoms with van der Waals surface area (Å²) in [6.45, 7) is 3.88. The highest BCUT2D eigenvalue weighted by Crippen LogP contribution is 2.23. The van der Waals surface area contributed by atoms with Gasteiger partial charge in [0.1, 0.15) is 5.82 Å². The van der Waals surface area contributed by atoms with Crippen molar-refractivity contribution in [3.63, 3.8) is 0 Å². The first-order valence-electron chi connectivity index (χ1n) is 6.35. The van der Waals surface area contributed by atoms with Gasteiger partial charge in [0.05, 0.1) is 11.1 Å². The Morgan fingerprint density at radius 1 is 1.30 bits per heavy atom. The van der Waals surface area contributed by atoms with Gasteiger partial charge in [-0.3, -0.25) is 16.3 Å². The number of rotatable bonds is 4. The predicted molar refractivity (Wildman–Crippen MR) is 78.9 cm³/mol. The summed E-state index contributed by atoms with van der Waals surface area (Å²) in [6.07, 6.45) is 0.566. The molecular weight excluding hydrogens is 277 g/mol. The lowest BCUT2D eigenvalue weighted by molar-refractivity contribution is 0.543. The van der Waals surface area contributed by atoms with Gasteiger partial charge in [-0.1, -0.05) is 23.7 Å². The van der Waals surface area contributed by atoms with Crippen molar-refractivity contribution in [3.8, 4) is 0 Å². The largest absolute Gasteiger partial charge is 0.271 e. The summed E-state index contributed by atoms with van der Waals surface area (Å²) in [5.41, 5.74) is 6.48. The van der Waals surface area contributed by atoms with Crippen LogP contribution in [-0.2, 0) is 6.42 Å². The Morgan fingerprint density at radius 2 is 2.05 bits per heavy atom. The van der Waals surface area contributed by atoms with Crippen LogP contribution in [0.4, 0.5) is 4.39 Å². The van der Waals surface area contributed by atoms with Gasteiger partial charge in [0, 0.05) is 11.4 Å². The van der Waals surface area contributed by atoms with Crippen LogP contribution in [0.5, 0.6) is 0 Å². The van der Waals surface area contributed by atoms with Crippen molar-refractivity contribution < 1.29 is 4.39 Å². The number of aryl methyl sites for hydroxylation is 2. The minimum atomic E-state index is -0.418. The maximum atomic E-state index is 13.5. The molecule has 1 atom stereocenters. The number of pyridine rings is 1. The van der Waals surface area contributed by atoms with E-state index in [2.05, 4.69) is 10.4 Å². The second-order valence-electron chi connectivity index (χ2n) is 4.80. The van der Waals surface area contributed by atoms with Crippen LogP contribution in [-0.4, -0.2) is 4.98 Å². The van der Waals surface area contributed by atoms with Crippen molar-refractivity contribution in [2.45, 2.75) is 26.3 Å². The smallest absolute Gasteiger partial charge is 0.142 e. The molecule has 106 valence electrons. The highest BCUT2D eigenvalue weighted by atomic mass is 35.5. The molecule has 0 spiro atoms. The number of hydrogen-bond donors (Lipinski definition) is 2. The lowest BCUT2D eigenvalue weighted by Gasteiger charge is -2.18. The van der Waals surface area contributed by atoms with Crippen LogP contribution >= 0.6 is 11.6 Å². The first-order valence-corrected chi connectivity index (χ1v) is 6.73. The molecule has 5 heteroatoms. The fourth-order valence-electron chi connectivity index (χ4n) is 2.23. The molecule has 0 aliphatic heterocycles. The number of aromatic nitrogens is 1. The van der Waals surface area contributed by atoms with Crippen molar-refractivity contribution in [1.29, 1.82) is 0 Å². The van der Waals surface area contributed by atoms with Crippen molar-refractivity contribution in [2.75, 3.05) is 0 Å². The molecular formula is C15H17ClFN3. The number of hydrogen-bond acceptors (Lipinski definition) is 3. The minimum absolute atomic E-state index is 0.122. The van der Waals surface area contributed by atoms with Gasteiger partial charge in [0.25, 0.3) is 0 Å². The summed E-state index contributed by atoms with van der Waals surface area (Å²) in [6, 6.07) is 8.60. The van der Waals surface area contributed by atoms with Crippen molar-refractivity contribution in [1.82, 2.24) is 10.4 Å². The molecule has 0 bridgehead atoms. The van der Waals surface area contributed by atoms with Crippen LogP contribution in [0, 0.1) is 19.7 Å². The first-order chi connectivity index (χ1) is 9.51. The standard InChI is InChI=1S/C15H17ClFN3/c1-9-3-5-12(10(2)19-9)15(20-18)8-11-4-6-13(16)14(17)7-11/h3-7,15,20H,8,18H2,1-2H3. The summed E-state index contributed by atoms with van der Waals surface area (Å²) in [4.78, 5) is 4.42. The normalized spacial score (nSPS) is 12.4. The minimum Gasteiger partial charge on any atom is -0.271 e. The van der Waals surface area contributed by atoms with E-state index in [1.807, 2.05) is 26.0 Å². The van der Waals surface area contributed by atoms with Gasteiger partial charge < -0.3 is 0 Å². The lowest BCUT2D eigenvalue weighted by atomic mass is 9.98. The predicted octanol–water partition coefficient (Wildman–Crippen LogP) is 3.24. The molecule has 1 aromatic heterocycles. The Kier molecular flexibility index (Phi) is 4.70. The second-order valence-corrected chi connectivity index (χ2v) is 5.21. The van der Waals surface area contributed by atoms with E-state index >= 15 is 0 Å². The summed E-state index contributed by atoms with van der Waals surface area (Å²) >= 11 is 5.69. The van der Waals surface area contributed by atoms with Gasteiger partial charge in [-0.2, -0.15) is 0 Å². The van der Waals surface area contributed by atoms with Crippen LogP contribution in [0.1, 0.15) is 28.6 Å². The Bertz CT molecular complexity index is 616. The van der Waals surface area contributed by atoms with E-state index in [9.17, 15) is 4.39 Å². The molecule has 2 rings (SSSR count). The zero-order valence-corrected chi connectivity index (χ0v) is 12.2. The van der Waals surface area contributed by atoms with Gasteiger partial charge in [-0.25, -0.2) is 4.39 Å². The summed E-state index contributed by atoms with van der Waals surface area (Å²) in [5, 5.41) is 0.124. The molecule has 0 aliphatic rings. The molecule has 0 aliphatic carbocycles. The molecule has 0 saturated carbocycles. The van der Waals surface area contributed by atoms with E-state index in [-0.39, 0.29) is 11.1 Å². The third-order valence-corrected chi connectivity index (χ3v) is 3.57. The molecule has 0 saturated heterocycles. The van der Waals surface area contributed by atoms with E-state index in [1.54, 1.807) is 12.1 Å². The molecule has 3 N–H and O–H groups in total. The van der Waals surface area contributed by atoms with E-state index < -0.39 is 5.82 Å². The molecule has 1 aromatic carbocycles. The maximum Gasteiger partial charge on any atom is 0.142 e. The van der Waals surface area contributed by atoms with Gasteiger partial charge >= 0.3 is 0 Å². The number of nitrogens with two attached hydrogens (primary N) is 1. The van der Waals surface area contributed by atoms with Gasteiger partial charge in [0.2, 0.25) is 0 Å². The maximum absolute atomic E-state index is 13.5. The summed E-state index contributed by atoms with van der Waals surface area (Å²) < 4.78 is 13.5. The first kappa shape index (κ1) is 14.9. The third kappa shape index (κ3) is 3.33. The molecule has 2 aromatic rings. The average molecular weight is 294 g/mol. The number of nitrogens with one attached hydrogen (secondary N) is 1. The van der Waals surface area contributed by atoms with Crippen molar-refractivity contribution in [2.24, 2.45) is 5.84 Å². The van der Waals surface area contributed by atoms with E-state index in [0.29, 0.717) is 6.42 Å². The quantitative estimate of drug-likeness (QED) is 0.672. The molecule has 1 heterocycles. The van der Waals surface area contributed by atoms with Crippen molar-refractivity contribution >= 4 is 11.6 Å².